The predicted molar refractivity (Wildman–Crippen MR) is 136 cm³/mol. The van der Waals surface area contributed by atoms with Crippen molar-refractivity contribution in [2.24, 2.45) is 0 Å². The third-order valence-corrected chi connectivity index (χ3v) is 5.80. The van der Waals surface area contributed by atoms with Gasteiger partial charge in [-0.25, -0.2) is 13.6 Å². The molecule has 180 valence electrons. The molecule has 2 heterocycles. The molecule has 0 saturated carbocycles. The Morgan fingerprint density at radius 1 is 0.848 bits per heavy atom. The van der Waals surface area contributed by atoms with Crippen molar-refractivity contribution in [3.8, 4) is 0 Å². The van der Waals surface area contributed by atoms with E-state index in [0.717, 1.165) is 35.9 Å². The van der Waals surface area contributed by atoms with E-state index in [1.165, 1.54) is 18.2 Å². The van der Waals surface area contributed by atoms with E-state index in [1.54, 1.807) is 17.0 Å². The van der Waals surface area contributed by atoms with Crippen LogP contribution in [0.1, 0.15) is 20.7 Å². The van der Waals surface area contributed by atoms with Gasteiger partial charge in [-0.3, -0.25) is 4.79 Å². The number of carbonyl (C=O) groups excluding carboxylic acids is 1. The number of ether oxygens (including phenoxy) is 2. The minimum atomic E-state index is -1.24. The molecule has 0 unspecified atom stereocenters. The lowest BCUT2D eigenvalue weighted by atomic mass is 10.2. The maximum Gasteiger partial charge on any atom is 0.338 e. The van der Waals surface area contributed by atoms with Crippen molar-refractivity contribution in [2.45, 2.75) is 0 Å². The number of carboxylic acids is 1. The standard InChI is InChI=1S/C11H11FINO2.C7H4FIO2.C4H9NO/c12-10-2-1-8(13)7-9(10)11(15)14-3-5-16-6-4-14;8-6-2-1-4(9)3-5(6)7(10)11;1-3-6-4-2-5-1/h1-2,7H,3-6H2;1-3H,(H,10,11);5H,1-4H2. The molecule has 7 nitrogen and oxygen atoms in total. The van der Waals surface area contributed by atoms with Gasteiger partial charge in [0.05, 0.1) is 37.6 Å². The van der Waals surface area contributed by atoms with Crippen LogP contribution in [0.5, 0.6) is 0 Å². The second-order valence-electron chi connectivity index (χ2n) is 6.82. The molecule has 0 radical (unpaired) electrons. The van der Waals surface area contributed by atoms with Crippen LogP contribution in [-0.2, 0) is 9.47 Å². The Labute approximate surface area is 218 Å². The Bertz CT molecular complexity index is 927. The first-order valence-electron chi connectivity index (χ1n) is 10.1. The number of rotatable bonds is 2. The first kappa shape index (κ1) is 27.8. The molecule has 0 aromatic heterocycles. The number of carboxylic acid groups (broad SMARTS) is 1. The van der Waals surface area contributed by atoms with Gasteiger partial charge in [0.15, 0.2) is 0 Å². The third-order valence-electron chi connectivity index (χ3n) is 4.46. The van der Waals surface area contributed by atoms with Crippen LogP contribution in [0.4, 0.5) is 8.78 Å². The number of nitrogens with zero attached hydrogens (tertiary/aromatic N) is 1. The molecular formula is C22H24F2I2N2O5. The summed E-state index contributed by atoms with van der Waals surface area (Å²) in [7, 11) is 0. The van der Waals surface area contributed by atoms with Gasteiger partial charge >= 0.3 is 5.97 Å². The molecule has 2 aliphatic rings. The molecule has 0 aliphatic carbocycles. The van der Waals surface area contributed by atoms with Crippen LogP contribution >= 0.6 is 45.2 Å². The first-order chi connectivity index (χ1) is 15.8. The fourth-order valence-electron chi connectivity index (χ4n) is 2.78. The summed E-state index contributed by atoms with van der Waals surface area (Å²) in [6.07, 6.45) is 0. The van der Waals surface area contributed by atoms with Gasteiger partial charge in [-0.1, -0.05) is 0 Å². The second kappa shape index (κ2) is 14.8. The van der Waals surface area contributed by atoms with Gasteiger partial charge in [-0.15, -0.1) is 0 Å². The fraction of sp³-hybridized carbons (Fsp3) is 0.364. The second-order valence-corrected chi connectivity index (χ2v) is 9.31. The van der Waals surface area contributed by atoms with Crippen molar-refractivity contribution >= 4 is 57.1 Å². The SMILES string of the molecule is C1COCCN1.O=C(O)c1cc(I)ccc1F.O=C(c1cc(I)ccc1F)N1CCOCC1. The normalized spacial score (nSPS) is 15.5. The lowest BCUT2D eigenvalue weighted by Crippen LogP contribution is -2.41. The Morgan fingerprint density at radius 2 is 1.33 bits per heavy atom. The van der Waals surface area contributed by atoms with E-state index >= 15 is 0 Å². The van der Waals surface area contributed by atoms with Gasteiger partial charge in [0.25, 0.3) is 5.91 Å². The largest absolute Gasteiger partial charge is 0.478 e. The van der Waals surface area contributed by atoms with Crippen LogP contribution in [-0.4, -0.2) is 74.5 Å². The van der Waals surface area contributed by atoms with E-state index in [-0.39, 0.29) is 17.0 Å². The molecule has 33 heavy (non-hydrogen) atoms. The highest BCUT2D eigenvalue weighted by Gasteiger charge is 2.21. The summed E-state index contributed by atoms with van der Waals surface area (Å²) >= 11 is 3.99. The highest BCUT2D eigenvalue weighted by molar-refractivity contribution is 14.1. The van der Waals surface area contributed by atoms with Gasteiger partial charge in [0, 0.05) is 33.3 Å². The Hall–Kier alpha value is -1.42. The highest BCUT2D eigenvalue weighted by Crippen LogP contribution is 2.15. The summed E-state index contributed by atoms with van der Waals surface area (Å²) in [6, 6.07) is 8.50. The topological polar surface area (TPSA) is 88.1 Å². The highest BCUT2D eigenvalue weighted by atomic mass is 127. The van der Waals surface area contributed by atoms with Crippen LogP contribution < -0.4 is 5.32 Å². The summed E-state index contributed by atoms with van der Waals surface area (Å²) in [4.78, 5) is 24.0. The van der Waals surface area contributed by atoms with Crippen molar-refractivity contribution in [3.05, 3.63) is 66.3 Å². The third kappa shape index (κ3) is 9.76. The summed E-state index contributed by atoms with van der Waals surface area (Å²) < 4.78 is 37.9. The smallest absolute Gasteiger partial charge is 0.338 e. The lowest BCUT2D eigenvalue weighted by molar-refractivity contribution is 0.0299. The van der Waals surface area contributed by atoms with Crippen molar-refractivity contribution < 1.29 is 33.0 Å². The fourth-order valence-corrected chi connectivity index (χ4v) is 3.76. The summed E-state index contributed by atoms with van der Waals surface area (Å²) in [6.45, 7) is 5.95. The number of aromatic carboxylic acids is 1. The number of carbonyl (C=O) groups is 2. The van der Waals surface area contributed by atoms with Gasteiger partial charge in [-0.2, -0.15) is 0 Å². The van der Waals surface area contributed by atoms with Gasteiger partial charge in [0.2, 0.25) is 0 Å². The van der Waals surface area contributed by atoms with E-state index in [1.807, 2.05) is 22.6 Å². The minimum absolute atomic E-state index is 0.147. The minimum Gasteiger partial charge on any atom is -0.478 e. The maximum atomic E-state index is 13.5. The molecule has 1 amide bonds. The molecule has 0 atom stereocenters. The number of nitrogens with one attached hydrogen (secondary N) is 1. The van der Waals surface area contributed by atoms with Crippen molar-refractivity contribution in [3.63, 3.8) is 0 Å². The molecule has 2 aromatic carbocycles. The Kier molecular flexibility index (Phi) is 12.4. The molecule has 11 heteroatoms. The van der Waals surface area contributed by atoms with E-state index < -0.39 is 17.6 Å². The molecular weight excluding hydrogens is 664 g/mol. The van der Waals surface area contributed by atoms with Crippen LogP contribution in [0.15, 0.2) is 36.4 Å². The van der Waals surface area contributed by atoms with E-state index in [0.29, 0.717) is 29.9 Å². The molecule has 2 aromatic rings. The van der Waals surface area contributed by atoms with Crippen molar-refractivity contribution in [2.75, 3.05) is 52.6 Å². The van der Waals surface area contributed by atoms with Crippen LogP contribution in [0.3, 0.4) is 0 Å². The maximum absolute atomic E-state index is 13.5. The average molecular weight is 688 g/mol. The number of amides is 1. The number of benzene rings is 2. The summed E-state index contributed by atoms with van der Waals surface area (Å²) in [5, 5.41) is 11.6. The zero-order valence-electron chi connectivity index (χ0n) is 17.7. The van der Waals surface area contributed by atoms with Crippen molar-refractivity contribution in [1.82, 2.24) is 10.2 Å². The van der Waals surface area contributed by atoms with E-state index in [4.69, 9.17) is 14.6 Å². The number of hydrogen-bond donors (Lipinski definition) is 2. The zero-order valence-corrected chi connectivity index (χ0v) is 22.0. The Balaban J connectivity index is 0.000000195. The molecule has 2 saturated heterocycles. The average Bonchev–Trinajstić information content (AvgIpc) is 2.84. The number of morpholine rings is 2. The monoisotopic (exact) mass is 688 g/mol. The molecule has 0 spiro atoms. The van der Waals surface area contributed by atoms with Crippen molar-refractivity contribution in [1.29, 1.82) is 0 Å². The molecule has 2 aliphatic heterocycles. The summed E-state index contributed by atoms with van der Waals surface area (Å²) in [5.41, 5.74) is -0.134. The summed E-state index contributed by atoms with van der Waals surface area (Å²) in [5.74, 6) is -2.64. The quantitative estimate of drug-likeness (QED) is 0.470. The van der Waals surface area contributed by atoms with Crippen LogP contribution in [0.25, 0.3) is 0 Å². The van der Waals surface area contributed by atoms with Gasteiger partial charge < -0.3 is 24.8 Å². The lowest BCUT2D eigenvalue weighted by Gasteiger charge is -2.27. The van der Waals surface area contributed by atoms with Crippen LogP contribution in [0, 0.1) is 18.8 Å². The van der Waals surface area contributed by atoms with E-state index in [9.17, 15) is 18.4 Å². The number of halogens is 4. The van der Waals surface area contributed by atoms with E-state index in [2.05, 4.69) is 27.9 Å². The van der Waals surface area contributed by atoms with Gasteiger partial charge in [-0.05, 0) is 81.6 Å². The predicted octanol–water partition coefficient (Wildman–Crippen LogP) is 3.64. The molecule has 2 N–H and O–H groups in total. The zero-order chi connectivity index (χ0) is 24.2. The van der Waals surface area contributed by atoms with Gasteiger partial charge in [0.1, 0.15) is 11.6 Å². The molecule has 4 rings (SSSR count). The molecule has 2 fully saturated rings. The molecule has 0 bridgehead atoms. The Morgan fingerprint density at radius 3 is 1.76 bits per heavy atom. The number of hydrogen-bond acceptors (Lipinski definition) is 5. The van der Waals surface area contributed by atoms with Crippen LogP contribution in [0.2, 0.25) is 0 Å². The first-order valence-corrected chi connectivity index (χ1v) is 12.2.